The van der Waals surface area contributed by atoms with Gasteiger partial charge >= 0.3 is 0 Å². The van der Waals surface area contributed by atoms with Crippen LogP contribution in [0.3, 0.4) is 0 Å². The summed E-state index contributed by atoms with van der Waals surface area (Å²) in [5.41, 5.74) is 3.77. The monoisotopic (exact) mass is 252 g/mol. The Morgan fingerprint density at radius 2 is 1.94 bits per heavy atom. The first-order chi connectivity index (χ1) is 7.91. The van der Waals surface area contributed by atoms with E-state index in [1.807, 2.05) is 6.07 Å². The van der Waals surface area contributed by atoms with Crippen molar-refractivity contribution in [3.05, 3.63) is 35.9 Å². The van der Waals surface area contributed by atoms with Gasteiger partial charge in [0.05, 0.1) is 0 Å². The van der Waals surface area contributed by atoms with Gasteiger partial charge in [0, 0.05) is 11.1 Å². The van der Waals surface area contributed by atoms with E-state index in [-0.39, 0.29) is 4.90 Å². The van der Waals surface area contributed by atoms with Gasteiger partial charge in [-0.25, -0.2) is 0 Å². The fourth-order valence-electron chi connectivity index (χ4n) is 1.77. The van der Waals surface area contributed by atoms with Gasteiger partial charge in [0.25, 0.3) is 10.1 Å². The Morgan fingerprint density at radius 3 is 2.53 bits per heavy atom. The molecule has 0 aliphatic heterocycles. The van der Waals surface area contributed by atoms with Crippen molar-refractivity contribution in [3.63, 3.8) is 0 Å². The first-order valence-corrected chi connectivity index (χ1v) is 6.34. The Balaban J connectivity index is 2.90. The molecule has 2 aromatic carbocycles. The Bertz CT molecular complexity index is 680. The average Bonchev–Trinajstić information content (AvgIpc) is 2.26. The highest BCUT2D eigenvalue weighted by atomic mass is 32.2. The normalized spacial score (nSPS) is 11.7. The van der Waals surface area contributed by atoms with Crippen LogP contribution < -0.4 is 11.3 Å². The van der Waals surface area contributed by atoms with Crippen molar-refractivity contribution < 1.29 is 13.0 Å². The molecule has 0 radical (unpaired) electrons. The molecule has 0 heterocycles. The molecule has 0 atom stereocenters. The SMILES string of the molecule is Cc1cc(S(=O)(=O)O)c2cc(NN)ccc2c1. The number of hydrogen-bond donors (Lipinski definition) is 3. The van der Waals surface area contributed by atoms with Crippen molar-refractivity contribution in [2.75, 3.05) is 5.43 Å². The molecule has 6 heteroatoms. The van der Waals surface area contributed by atoms with Gasteiger partial charge in [0.2, 0.25) is 0 Å². The molecule has 5 nitrogen and oxygen atoms in total. The first kappa shape index (κ1) is 11.8. The molecule has 0 spiro atoms. The van der Waals surface area contributed by atoms with Crippen LogP contribution in [0.15, 0.2) is 35.2 Å². The molecule has 0 saturated heterocycles. The molecule has 2 rings (SSSR count). The van der Waals surface area contributed by atoms with Crippen LogP contribution in [0.1, 0.15) is 5.56 Å². The molecule has 90 valence electrons. The molecule has 0 bridgehead atoms. The summed E-state index contributed by atoms with van der Waals surface area (Å²) in [6, 6.07) is 8.32. The third-order valence-corrected chi connectivity index (χ3v) is 3.40. The van der Waals surface area contributed by atoms with Gasteiger partial charge in [-0.3, -0.25) is 10.4 Å². The fourth-order valence-corrected chi connectivity index (χ4v) is 2.56. The molecule has 0 unspecified atom stereocenters. The van der Waals surface area contributed by atoms with Crippen LogP contribution in [0.4, 0.5) is 5.69 Å². The number of anilines is 1. The van der Waals surface area contributed by atoms with Gasteiger partial charge in [0.1, 0.15) is 4.90 Å². The van der Waals surface area contributed by atoms with E-state index in [9.17, 15) is 13.0 Å². The summed E-state index contributed by atoms with van der Waals surface area (Å²) in [5.74, 6) is 5.27. The summed E-state index contributed by atoms with van der Waals surface area (Å²) >= 11 is 0. The number of nitrogens with two attached hydrogens (primary N) is 1. The van der Waals surface area contributed by atoms with Crippen LogP contribution in [-0.4, -0.2) is 13.0 Å². The summed E-state index contributed by atoms with van der Waals surface area (Å²) in [6.45, 7) is 1.77. The van der Waals surface area contributed by atoms with E-state index in [4.69, 9.17) is 5.84 Å². The smallest absolute Gasteiger partial charge is 0.295 e. The zero-order chi connectivity index (χ0) is 12.6. The molecular formula is C11H12N2O3S. The standard InChI is InChI=1S/C11H12N2O3S/c1-7-4-8-2-3-9(13-12)6-10(8)11(5-7)17(14,15)16/h2-6,13H,12H2,1H3,(H,14,15,16). The number of hydrogen-bond acceptors (Lipinski definition) is 4. The molecule has 4 N–H and O–H groups in total. The number of aryl methyl sites for hydroxylation is 1. The number of rotatable bonds is 2. The second-order valence-corrected chi connectivity index (χ2v) is 5.21. The topological polar surface area (TPSA) is 92.4 Å². The van der Waals surface area contributed by atoms with Crippen molar-refractivity contribution in [2.24, 2.45) is 5.84 Å². The van der Waals surface area contributed by atoms with Gasteiger partial charge in [0.15, 0.2) is 0 Å². The predicted molar refractivity (Wildman–Crippen MR) is 66.3 cm³/mol. The maximum Gasteiger partial charge on any atom is 0.295 e. The van der Waals surface area contributed by atoms with Crippen molar-refractivity contribution in [2.45, 2.75) is 11.8 Å². The largest absolute Gasteiger partial charge is 0.324 e. The first-order valence-electron chi connectivity index (χ1n) is 4.90. The van der Waals surface area contributed by atoms with Crippen LogP contribution in [0, 0.1) is 6.92 Å². The molecule has 0 amide bonds. The Hall–Kier alpha value is -1.63. The van der Waals surface area contributed by atoms with Gasteiger partial charge in [-0.2, -0.15) is 8.42 Å². The third-order valence-electron chi connectivity index (χ3n) is 2.51. The highest BCUT2D eigenvalue weighted by Crippen LogP contribution is 2.27. The quantitative estimate of drug-likeness (QED) is 0.429. The van der Waals surface area contributed by atoms with Gasteiger partial charge < -0.3 is 5.43 Å². The summed E-state index contributed by atoms with van der Waals surface area (Å²) in [6.07, 6.45) is 0. The zero-order valence-corrected chi connectivity index (χ0v) is 9.95. The predicted octanol–water partition coefficient (Wildman–Crippen LogP) is 1.68. The van der Waals surface area contributed by atoms with E-state index < -0.39 is 10.1 Å². The lowest BCUT2D eigenvalue weighted by Gasteiger charge is -2.08. The molecule has 17 heavy (non-hydrogen) atoms. The molecule has 0 aliphatic rings. The average molecular weight is 252 g/mol. The van der Waals surface area contributed by atoms with Crippen LogP contribution in [0.5, 0.6) is 0 Å². The third kappa shape index (κ3) is 2.23. The molecule has 0 saturated carbocycles. The minimum absolute atomic E-state index is 0.107. The minimum atomic E-state index is -4.25. The van der Waals surface area contributed by atoms with E-state index in [2.05, 4.69) is 5.43 Å². The van der Waals surface area contributed by atoms with Crippen LogP contribution >= 0.6 is 0 Å². The Kier molecular flexibility index (Phi) is 2.78. The highest BCUT2D eigenvalue weighted by Gasteiger charge is 2.14. The Labute approximate surface area is 99.0 Å². The van der Waals surface area contributed by atoms with Crippen molar-refractivity contribution in [3.8, 4) is 0 Å². The number of hydrazine groups is 1. The van der Waals surface area contributed by atoms with Crippen molar-refractivity contribution in [1.29, 1.82) is 0 Å². The van der Waals surface area contributed by atoms with Crippen LogP contribution in [0.2, 0.25) is 0 Å². The lowest BCUT2D eigenvalue weighted by molar-refractivity contribution is 0.484. The van der Waals surface area contributed by atoms with E-state index in [1.165, 1.54) is 6.07 Å². The van der Waals surface area contributed by atoms with Gasteiger partial charge in [-0.05, 0) is 36.1 Å². The van der Waals surface area contributed by atoms with Crippen molar-refractivity contribution >= 4 is 26.6 Å². The summed E-state index contributed by atoms with van der Waals surface area (Å²) in [5, 5.41) is 1.17. The van der Waals surface area contributed by atoms with E-state index in [0.717, 1.165) is 10.9 Å². The number of fused-ring (bicyclic) bond motifs is 1. The fraction of sp³-hybridized carbons (Fsp3) is 0.0909. The number of nitrogens with one attached hydrogen (secondary N) is 1. The second kappa shape index (κ2) is 3.99. The van der Waals surface area contributed by atoms with Gasteiger partial charge in [-0.15, -0.1) is 0 Å². The zero-order valence-electron chi connectivity index (χ0n) is 9.14. The number of nitrogen functional groups attached to an aromatic ring is 1. The van der Waals surface area contributed by atoms with Gasteiger partial charge in [-0.1, -0.05) is 12.1 Å². The van der Waals surface area contributed by atoms with E-state index in [0.29, 0.717) is 11.1 Å². The van der Waals surface area contributed by atoms with Crippen molar-refractivity contribution in [1.82, 2.24) is 0 Å². The minimum Gasteiger partial charge on any atom is -0.324 e. The maximum absolute atomic E-state index is 11.3. The van der Waals surface area contributed by atoms with Crippen LogP contribution in [-0.2, 0) is 10.1 Å². The summed E-state index contributed by atoms with van der Waals surface area (Å²) in [4.78, 5) is -0.107. The summed E-state index contributed by atoms with van der Waals surface area (Å²) < 4.78 is 31.8. The summed E-state index contributed by atoms with van der Waals surface area (Å²) in [7, 11) is -4.25. The lowest BCUT2D eigenvalue weighted by atomic mass is 10.1. The van der Waals surface area contributed by atoms with Crippen LogP contribution in [0.25, 0.3) is 10.8 Å². The molecule has 0 fully saturated rings. The maximum atomic E-state index is 11.3. The Morgan fingerprint density at radius 1 is 1.24 bits per heavy atom. The molecule has 2 aromatic rings. The lowest BCUT2D eigenvalue weighted by Crippen LogP contribution is -2.07. The highest BCUT2D eigenvalue weighted by molar-refractivity contribution is 7.86. The number of benzene rings is 2. The molecule has 0 aromatic heterocycles. The molecule has 0 aliphatic carbocycles. The molecular weight excluding hydrogens is 240 g/mol. The van der Waals surface area contributed by atoms with E-state index >= 15 is 0 Å². The van der Waals surface area contributed by atoms with E-state index in [1.54, 1.807) is 25.1 Å². The second-order valence-electron chi connectivity index (χ2n) is 3.82.